The van der Waals surface area contributed by atoms with Crippen LogP contribution in [0.2, 0.25) is 0 Å². The van der Waals surface area contributed by atoms with Gasteiger partial charge in [0.05, 0.1) is 6.10 Å². The molecule has 94 valence electrons. The van der Waals surface area contributed by atoms with Gasteiger partial charge in [-0.05, 0) is 55.8 Å². The van der Waals surface area contributed by atoms with E-state index in [1.807, 2.05) is 0 Å². The number of hydrogen-bond acceptors (Lipinski definition) is 2. The first kappa shape index (κ1) is 10.4. The van der Waals surface area contributed by atoms with Crippen LogP contribution in [0, 0.1) is 29.6 Å². The minimum atomic E-state index is 0.184. The molecule has 4 unspecified atom stereocenters. The van der Waals surface area contributed by atoms with Crippen LogP contribution in [-0.4, -0.2) is 12.0 Å². The Morgan fingerprint density at radius 1 is 1.00 bits per heavy atom. The average Bonchev–Trinajstić information content (AvgIpc) is 2.80. The molecule has 0 spiro atoms. The highest BCUT2D eigenvalue weighted by molar-refractivity contribution is 5.81. The molecule has 0 aliphatic heterocycles. The molecule has 1 N–H and O–H groups in total. The van der Waals surface area contributed by atoms with Gasteiger partial charge in [0.2, 0.25) is 5.91 Å². The van der Waals surface area contributed by atoms with Crippen molar-refractivity contribution in [2.45, 2.75) is 51.0 Å². The number of fused-ring (bicyclic) bond motifs is 5. The van der Waals surface area contributed by atoms with E-state index >= 15 is 0 Å². The molecule has 4 aliphatic carbocycles. The zero-order valence-corrected chi connectivity index (χ0v) is 10.2. The van der Waals surface area contributed by atoms with Crippen LogP contribution in [0.4, 0.5) is 0 Å². The lowest BCUT2D eigenvalue weighted by molar-refractivity contribution is -0.140. The number of hydroxylamine groups is 1. The summed E-state index contributed by atoms with van der Waals surface area (Å²) < 4.78 is 0. The molecule has 2 bridgehead atoms. The largest absolute Gasteiger partial charge is 0.272 e. The van der Waals surface area contributed by atoms with Crippen LogP contribution in [0.15, 0.2) is 0 Å². The number of amides is 1. The summed E-state index contributed by atoms with van der Waals surface area (Å²) in [6, 6.07) is 0. The smallest absolute Gasteiger partial charge is 0.247 e. The summed E-state index contributed by atoms with van der Waals surface area (Å²) in [5.41, 5.74) is 2.75. The van der Waals surface area contributed by atoms with E-state index in [0.29, 0.717) is 5.92 Å². The molecule has 0 aromatic carbocycles. The molecule has 3 heteroatoms. The molecule has 0 radical (unpaired) electrons. The van der Waals surface area contributed by atoms with Crippen LogP contribution >= 0.6 is 0 Å². The molecule has 3 nitrogen and oxygen atoms in total. The minimum Gasteiger partial charge on any atom is -0.272 e. The number of rotatable bonds is 3. The number of nitrogens with one attached hydrogen (secondary N) is 1. The topological polar surface area (TPSA) is 38.3 Å². The number of hydrogen-bond donors (Lipinski definition) is 1. The Balaban J connectivity index is 1.30. The molecule has 4 aliphatic rings. The van der Waals surface area contributed by atoms with E-state index in [4.69, 9.17) is 4.84 Å². The first-order valence-electron chi connectivity index (χ1n) is 7.30. The summed E-state index contributed by atoms with van der Waals surface area (Å²) in [4.78, 5) is 17.6. The Hall–Kier alpha value is -0.570. The Morgan fingerprint density at radius 3 is 2.29 bits per heavy atom. The third-order valence-corrected chi connectivity index (χ3v) is 5.67. The second kappa shape index (κ2) is 3.71. The van der Waals surface area contributed by atoms with E-state index in [1.54, 1.807) is 0 Å². The molecule has 0 saturated heterocycles. The molecule has 1 amide bonds. The van der Waals surface area contributed by atoms with Crippen molar-refractivity contribution in [2.75, 3.05) is 0 Å². The highest BCUT2D eigenvalue weighted by Crippen LogP contribution is 2.69. The van der Waals surface area contributed by atoms with Gasteiger partial charge in [-0.25, -0.2) is 5.48 Å². The Morgan fingerprint density at radius 2 is 1.65 bits per heavy atom. The van der Waals surface area contributed by atoms with Crippen molar-refractivity contribution in [3.05, 3.63) is 0 Å². The Labute approximate surface area is 102 Å². The van der Waals surface area contributed by atoms with Crippen LogP contribution < -0.4 is 5.48 Å². The fourth-order valence-corrected chi connectivity index (χ4v) is 4.89. The third kappa shape index (κ3) is 1.55. The quantitative estimate of drug-likeness (QED) is 0.762. The monoisotopic (exact) mass is 235 g/mol. The summed E-state index contributed by atoms with van der Waals surface area (Å²) >= 11 is 0. The maximum atomic E-state index is 12.1. The zero-order chi connectivity index (χ0) is 11.4. The van der Waals surface area contributed by atoms with Crippen molar-refractivity contribution < 1.29 is 9.63 Å². The van der Waals surface area contributed by atoms with E-state index in [1.165, 1.54) is 32.1 Å². The summed E-state index contributed by atoms with van der Waals surface area (Å²) in [6.45, 7) is 0. The van der Waals surface area contributed by atoms with Gasteiger partial charge in [-0.2, -0.15) is 0 Å². The van der Waals surface area contributed by atoms with Crippen molar-refractivity contribution in [1.82, 2.24) is 5.48 Å². The van der Waals surface area contributed by atoms with Gasteiger partial charge < -0.3 is 0 Å². The fraction of sp³-hybridized carbons (Fsp3) is 0.929. The van der Waals surface area contributed by atoms with Gasteiger partial charge in [0.15, 0.2) is 0 Å². The predicted octanol–water partition coefficient (Wildman–Crippen LogP) is 2.27. The van der Waals surface area contributed by atoms with E-state index in [-0.39, 0.29) is 12.0 Å². The molecular weight excluding hydrogens is 214 g/mol. The Bertz CT molecular complexity index is 321. The van der Waals surface area contributed by atoms with Gasteiger partial charge >= 0.3 is 0 Å². The molecular formula is C14H21NO2. The molecule has 0 heterocycles. The van der Waals surface area contributed by atoms with Crippen LogP contribution in [0.5, 0.6) is 0 Å². The van der Waals surface area contributed by atoms with Crippen molar-refractivity contribution in [3.8, 4) is 0 Å². The van der Waals surface area contributed by atoms with Gasteiger partial charge in [0.25, 0.3) is 0 Å². The molecule has 4 atom stereocenters. The summed E-state index contributed by atoms with van der Waals surface area (Å²) in [5, 5.41) is 0. The van der Waals surface area contributed by atoms with Crippen LogP contribution in [0.25, 0.3) is 0 Å². The van der Waals surface area contributed by atoms with Crippen molar-refractivity contribution in [2.24, 2.45) is 29.6 Å². The lowest BCUT2D eigenvalue weighted by Crippen LogP contribution is -2.31. The van der Waals surface area contributed by atoms with Crippen LogP contribution in [0.1, 0.15) is 44.9 Å². The first-order chi connectivity index (χ1) is 8.34. The molecule has 0 aromatic heterocycles. The normalized spacial score (nSPS) is 47.2. The van der Waals surface area contributed by atoms with Gasteiger partial charge in [-0.15, -0.1) is 0 Å². The standard InChI is InChI=1S/C14H21NO2/c16-14(15-17-10-3-1-2-4-10)13-11-8-5-6-9(7-8)12(11)13/h8-13H,1-7H2,(H,15,16). The lowest BCUT2D eigenvalue weighted by Gasteiger charge is -2.13. The van der Waals surface area contributed by atoms with Crippen molar-refractivity contribution in [3.63, 3.8) is 0 Å². The van der Waals surface area contributed by atoms with Gasteiger partial charge in [-0.3, -0.25) is 9.63 Å². The third-order valence-electron chi connectivity index (χ3n) is 5.67. The molecule has 0 aromatic rings. The van der Waals surface area contributed by atoms with Crippen LogP contribution in [0.3, 0.4) is 0 Å². The second-order valence-electron chi connectivity index (χ2n) is 6.50. The summed E-state index contributed by atoms with van der Waals surface area (Å²) in [7, 11) is 0. The molecule has 4 rings (SSSR count). The summed E-state index contributed by atoms with van der Waals surface area (Å²) in [6.07, 6.45) is 9.17. The fourth-order valence-electron chi connectivity index (χ4n) is 4.89. The SMILES string of the molecule is O=C(NOC1CCCC1)C1C2C3CCC(C3)C12. The highest BCUT2D eigenvalue weighted by atomic mass is 16.7. The van der Waals surface area contributed by atoms with Crippen LogP contribution in [-0.2, 0) is 9.63 Å². The minimum absolute atomic E-state index is 0.184. The van der Waals surface area contributed by atoms with Crippen molar-refractivity contribution >= 4 is 5.91 Å². The maximum absolute atomic E-state index is 12.1. The van der Waals surface area contributed by atoms with E-state index < -0.39 is 0 Å². The van der Waals surface area contributed by atoms with Crippen molar-refractivity contribution in [1.29, 1.82) is 0 Å². The second-order valence-corrected chi connectivity index (χ2v) is 6.50. The zero-order valence-electron chi connectivity index (χ0n) is 10.2. The van der Waals surface area contributed by atoms with E-state index in [2.05, 4.69) is 5.48 Å². The Kier molecular flexibility index (Phi) is 2.26. The highest BCUT2D eigenvalue weighted by Gasteiger charge is 2.67. The van der Waals surface area contributed by atoms with Gasteiger partial charge in [-0.1, -0.05) is 12.8 Å². The van der Waals surface area contributed by atoms with Gasteiger partial charge in [0.1, 0.15) is 0 Å². The number of carbonyl (C=O) groups is 1. The van der Waals surface area contributed by atoms with E-state index in [9.17, 15) is 4.79 Å². The predicted molar refractivity (Wildman–Crippen MR) is 62.8 cm³/mol. The lowest BCUT2D eigenvalue weighted by atomic mass is 10.0. The first-order valence-corrected chi connectivity index (χ1v) is 7.30. The van der Waals surface area contributed by atoms with Gasteiger partial charge in [0, 0.05) is 5.92 Å². The molecule has 17 heavy (non-hydrogen) atoms. The van der Waals surface area contributed by atoms with E-state index in [0.717, 1.165) is 36.5 Å². The molecule has 4 fully saturated rings. The number of carbonyl (C=O) groups excluding carboxylic acids is 1. The summed E-state index contributed by atoms with van der Waals surface area (Å²) in [5.74, 6) is 3.67. The maximum Gasteiger partial charge on any atom is 0.247 e. The molecule has 4 saturated carbocycles. The average molecular weight is 235 g/mol.